The molecule has 0 atom stereocenters. The molecule has 2 aromatic carbocycles. The second kappa shape index (κ2) is 6.13. The Hall–Kier alpha value is -2.09. The monoisotopic (exact) mass is 280 g/mol. The number of benzene rings is 2. The Balaban J connectivity index is 1.69. The van der Waals surface area contributed by atoms with Crippen LogP contribution < -0.4 is 4.74 Å². The summed E-state index contributed by atoms with van der Waals surface area (Å²) in [5, 5.41) is 0. The van der Waals surface area contributed by atoms with Gasteiger partial charge in [-0.05, 0) is 54.2 Å². The lowest BCUT2D eigenvalue weighted by Gasteiger charge is -2.16. The summed E-state index contributed by atoms with van der Waals surface area (Å²) in [7, 11) is 0. The number of hydrogen-bond acceptors (Lipinski definition) is 2. The SMILES string of the molecule is CCc1ccc(COc2ccc3c(c2)CCCC3=O)cc1. The maximum absolute atomic E-state index is 11.8. The molecule has 21 heavy (non-hydrogen) atoms. The first-order chi connectivity index (χ1) is 10.3. The molecule has 2 aromatic rings. The van der Waals surface area contributed by atoms with Crippen molar-refractivity contribution in [2.45, 2.75) is 39.2 Å². The predicted molar refractivity (Wildman–Crippen MR) is 83.9 cm³/mol. The van der Waals surface area contributed by atoms with Crippen LogP contribution in [0, 0.1) is 0 Å². The Labute approximate surface area is 125 Å². The van der Waals surface area contributed by atoms with E-state index in [0.717, 1.165) is 36.1 Å². The summed E-state index contributed by atoms with van der Waals surface area (Å²) in [5.41, 5.74) is 4.51. The lowest BCUT2D eigenvalue weighted by molar-refractivity contribution is 0.0972. The van der Waals surface area contributed by atoms with Crippen LogP contribution in [-0.2, 0) is 19.4 Å². The van der Waals surface area contributed by atoms with Gasteiger partial charge in [0.2, 0.25) is 0 Å². The van der Waals surface area contributed by atoms with Crippen molar-refractivity contribution < 1.29 is 9.53 Å². The third-order valence-corrected chi connectivity index (χ3v) is 4.06. The fourth-order valence-electron chi connectivity index (χ4n) is 2.75. The molecule has 0 N–H and O–H groups in total. The molecule has 0 bridgehead atoms. The zero-order chi connectivity index (χ0) is 14.7. The van der Waals surface area contributed by atoms with Crippen molar-refractivity contribution in [2.75, 3.05) is 0 Å². The molecule has 0 saturated carbocycles. The molecule has 1 aliphatic carbocycles. The van der Waals surface area contributed by atoms with Crippen LogP contribution in [0.4, 0.5) is 0 Å². The number of ether oxygens (including phenoxy) is 1. The van der Waals surface area contributed by atoms with Crippen molar-refractivity contribution in [1.82, 2.24) is 0 Å². The molecule has 0 amide bonds. The van der Waals surface area contributed by atoms with E-state index in [2.05, 4.69) is 31.2 Å². The van der Waals surface area contributed by atoms with Gasteiger partial charge in [0.15, 0.2) is 5.78 Å². The molecule has 108 valence electrons. The quantitative estimate of drug-likeness (QED) is 0.832. The number of rotatable bonds is 4. The Morgan fingerprint density at radius 1 is 1.00 bits per heavy atom. The van der Waals surface area contributed by atoms with Gasteiger partial charge in [-0.25, -0.2) is 0 Å². The average Bonchev–Trinajstić information content (AvgIpc) is 2.53. The van der Waals surface area contributed by atoms with Crippen LogP contribution in [0.1, 0.15) is 46.8 Å². The summed E-state index contributed by atoms with van der Waals surface area (Å²) < 4.78 is 5.86. The Kier molecular flexibility index (Phi) is 4.05. The number of Topliss-reactive ketones (excluding diaryl/α,β-unsaturated/α-hetero) is 1. The van der Waals surface area contributed by atoms with E-state index in [1.165, 1.54) is 11.1 Å². The molecule has 0 heterocycles. The molecule has 0 aromatic heterocycles. The van der Waals surface area contributed by atoms with Crippen LogP contribution in [-0.4, -0.2) is 5.78 Å². The number of aryl methyl sites for hydroxylation is 2. The Morgan fingerprint density at radius 2 is 1.76 bits per heavy atom. The van der Waals surface area contributed by atoms with Gasteiger partial charge >= 0.3 is 0 Å². The molecule has 3 rings (SSSR count). The fourth-order valence-corrected chi connectivity index (χ4v) is 2.75. The summed E-state index contributed by atoms with van der Waals surface area (Å²) in [6, 6.07) is 14.3. The van der Waals surface area contributed by atoms with E-state index in [1.54, 1.807) is 0 Å². The molecule has 0 saturated heterocycles. The predicted octanol–water partition coefficient (Wildman–Crippen LogP) is 4.35. The lowest BCUT2D eigenvalue weighted by Crippen LogP contribution is -2.10. The summed E-state index contributed by atoms with van der Waals surface area (Å²) in [4.78, 5) is 11.8. The van der Waals surface area contributed by atoms with Crippen molar-refractivity contribution in [3.8, 4) is 5.75 Å². The highest BCUT2D eigenvalue weighted by molar-refractivity contribution is 5.98. The second-order valence-electron chi connectivity index (χ2n) is 5.55. The van der Waals surface area contributed by atoms with Crippen LogP contribution >= 0.6 is 0 Å². The first-order valence-corrected chi connectivity index (χ1v) is 7.63. The standard InChI is InChI=1S/C19H20O2/c1-2-14-6-8-15(9-7-14)13-21-17-10-11-18-16(12-17)4-3-5-19(18)20/h6-12H,2-5,13H2,1H3. The van der Waals surface area contributed by atoms with Crippen molar-refractivity contribution in [2.24, 2.45) is 0 Å². The number of ketones is 1. The van der Waals surface area contributed by atoms with Crippen molar-refractivity contribution >= 4 is 5.78 Å². The molecule has 2 nitrogen and oxygen atoms in total. The van der Waals surface area contributed by atoms with Gasteiger partial charge in [0.25, 0.3) is 0 Å². The van der Waals surface area contributed by atoms with Crippen LogP contribution in [0.3, 0.4) is 0 Å². The number of carbonyl (C=O) groups excluding carboxylic acids is 1. The van der Waals surface area contributed by atoms with Gasteiger partial charge in [-0.15, -0.1) is 0 Å². The van der Waals surface area contributed by atoms with E-state index >= 15 is 0 Å². The van der Waals surface area contributed by atoms with Crippen LogP contribution in [0.15, 0.2) is 42.5 Å². The Bertz CT molecular complexity index is 641. The minimum absolute atomic E-state index is 0.262. The molecule has 1 aliphatic rings. The van der Waals surface area contributed by atoms with Gasteiger partial charge in [-0.3, -0.25) is 4.79 Å². The van der Waals surface area contributed by atoms with Crippen LogP contribution in [0.2, 0.25) is 0 Å². The highest BCUT2D eigenvalue weighted by atomic mass is 16.5. The molecule has 0 fully saturated rings. The second-order valence-corrected chi connectivity index (χ2v) is 5.55. The maximum atomic E-state index is 11.8. The zero-order valence-electron chi connectivity index (χ0n) is 12.4. The number of hydrogen-bond donors (Lipinski definition) is 0. The zero-order valence-corrected chi connectivity index (χ0v) is 12.4. The van der Waals surface area contributed by atoms with Crippen LogP contribution in [0.25, 0.3) is 0 Å². The van der Waals surface area contributed by atoms with Crippen LogP contribution in [0.5, 0.6) is 5.75 Å². The first kappa shape index (κ1) is 13.9. The molecule has 0 radical (unpaired) electrons. The molecular formula is C19H20O2. The van der Waals surface area contributed by atoms with Crippen molar-refractivity contribution in [3.63, 3.8) is 0 Å². The highest BCUT2D eigenvalue weighted by Crippen LogP contribution is 2.25. The van der Waals surface area contributed by atoms with Gasteiger partial charge in [0.05, 0.1) is 0 Å². The lowest BCUT2D eigenvalue weighted by atomic mass is 9.90. The summed E-state index contributed by atoms with van der Waals surface area (Å²) >= 11 is 0. The van der Waals surface area contributed by atoms with Gasteiger partial charge < -0.3 is 4.74 Å². The third-order valence-electron chi connectivity index (χ3n) is 4.06. The molecule has 2 heteroatoms. The van der Waals surface area contributed by atoms with Gasteiger partial charge in [0, 0.05) is 12.0 Å². The molecule has 0 spiro atoms. The normalized spacial score (nSPS) is 13.9. The smallest absolute Gasteiger partial charge is 0.163 e. The van der Waals surface area contributed by atoms with E-state index in [0.29, 0.717) is 13.0 Å². The first-order valence-electron chi connectivity index (χ1n) is 7.63. The average molecular weight is 280 g/mol. The van der Waals surface area contributed by atoms with Crippen molar-refractivity contribution in [1.29, 1.82) is 0 Å². The molecule has 0 unspecified atom stereocenters. The minimum atomic E-state index is 0.262. The number of fused-ring (bicyclic) bond motifs is 1. The topological polar surface area (TPSA) is 26.3 Å². The minimum Gasteiger partial charge on any atom is -0.489 e. The maximum Gasteiger partial charge on any atom is 0.163 e. The molecular weight excluding hydrogens is 260 g/mol. The van der Waals surface area contributed by atoms with Gasteiger partial charge in [0.1, 0.15) is 12.4 Å². The fraction of sp³-hybridized carbons (Fsp3) is 0.316. The van der Waals surface area contributed by atoms with E-state index in [-0.39, 0.29) is 5.78 Å². The van der Waals surface area contributed by atoms with E-state index < -0.39 is 0 Å². The van der Waals surface area contributed by atoms with E-state index in [4.69, 9.17) is 4.74 Å². The summed E-state index contributed by atoms with van der Waals surface area (Å²) in [5.74, 6) is 1.11. The number of carbonyl (C=O) groups is 1. The van der Waals surface area contributed by atoms with Gasteiger partial charge in [-0.1, -0.05) is 31.2 Å². The van der Waals surface area contributed by atoms with Crippen molar-refractivity contribution in [3.05, 3.63) is 64.7 Å². The third kappa shape index (κ3) is 3.15. The Morgan fingerprint density at radius 3 is 2.52 bits per heavy atom. The van der Waals surface area contributed by atoms with E-state index in [1.807, 2.05) is 18.2 Å². The largest absolute Gasteiger partial charge is 0.489 e. The summed E-state index contributed by atoms with van der Waals surface area (Å²) in [6.07, 6.45) is 3.66. The highest BCUT2D eigenvalue weighted by Gasteiger charge is 2.17. The molecule has 0 aliphatic heterocycles. The summed E-state index contributed by atoms with van der Waals surface area (Å²) in [6.45, 7) is 2.72. The van der Waals surface area contributed by atoms with E-state index in [9.17, 15) is 4.79 Å². The van der Waals surface area contributed by atoms with Gasteiger partial charge in [-0.2, -0.15) is 0 Å².